The first kappa shape index (κ1) is 21.0. The van der Waals surface area contributed by atoms with Crippen molar-refractivity contribution in [1.82, 2.24) is 9.97 Å². The molecule has 2 rings (SSSR count). The van der Waals surface area contributed by atoms with Crippen molar-refractivity contribution < 1.29 is 8.78 Å². The van der Waals surface area contributed by atoms with Gasteiger partial charge in [-0.3, -0.25) is 0 Å². The zero-order valence-corrected chi connectivity index (χ0v) is 18.8. The molecule has 1 aliphatic rings. The third-order valence-corrected chi connectivity index (χ3v) is 10.4. The Balaban J connectivity index is 2.17. The molecule has 0 spiro atoms. The van der Waals surface area contributed by atoms with Gasteiger partial charge in [0.25, 0.3) is 0 Å². The standard InChI is InChI=1S/C13H27.C7H5F2N2.Sn/c1-4-7-10-13(11-8-5-2)12-9-6-3;8-7(9)4-5(7)6-10-2-1-3-11-6;/h4-12H2,1-3H3;1-2,5H,4H2;. The van der Waals surface area contributed by atoms with Gasteiger partial charge in [0.05, 0.1) is 0 Å². The molecule has 0 aliphatic heterocycles. The third-order valence-electron chi connectivity index (χ3n) is 5.23. The summed E-state index contributed by atoms with van der Waals surface area (Å²) in [6, 6.07) is 2.01. The number of unbranched alkanes of at least 4 members (excludes halogenated alkanes) is 3. The van der Waals surface area contributed by atoms with Crippen LogP contribution in [-0.2, 0) is 0 Å². The van der Waals surface area contributed by atoms with E-state index < -0.39 is 33.0 Å². The summed E-state index contributed by atoms with van der Waals surface area (Å²) in [5.74, 6) is -2.92. The number of alkyl halides is 2. The van der Waals surface area contributed by atoms with E-state index in [0.717, 1.165) is 3.71 Å². The van der Waals surface area contributed by atoms with E-state index in [9.17, 15) is 8.78 Å². The zero-order chi connectivity index (χ0) is 18.3. The summed E-state index contributed by atoms with van der Waals surface area (Å²) in [6.45, 7) is 6.77. The van der Waals surface area contributed by atoms with Crippen LogP contribution in [0.2, 0.25) is 3.43 Å². The van der Waals surface area contributed by atoms with Gasteiger partial charge in [-0.2, -0.15) is 0 Å². The maximum atomic E-state index is 13.4. The van der Waals surface area contributed by atoms with Crippen LogP contribution in [0, 0.1) is 0 Å². The Morgan fingerprint density at radius 1 is 1.08 bits per heavy atom. The molecule has 1 atom stereocenters. The van der Waals surface area contributed by atoms with Crippen LogP contribution >= 0.6 is 0 Å². The van der Waals surface area contributed by atoms with E-state index in [-0.39, 0.29) is 6.42 Å². The van der Waals surface area contributed by atoms with Crippen LogP contribution in [0.4, 0.5) is 8.78 Å². The van der Waals surface area contributed by atoms with E-state index in [2.05, 4.69) is 30.7 Å². The molecule has 1 unspecified atom stereocenters. The first-order chi connectivity index (χ1) is 12.0. The Morgan fingerprint density at radius 2 is 1.60 bits per heavy atom. The van der Waals surface area contributed by atoms with Crippen molar-refractivity contribution in [3.8, 4) is 0 Å². The van der Waals surface area contributed by atoms with Gasteiger partial charge in [-0.15, -0.1) is 0 Å². The number of hydrogen-bond donors (Lipinski definition) is 0. The molecule has 2 nitrogen and oxygen atoms in total. The van der Waals surface area contributed by atoms with Crippen LogP contribution in [-0.4, -0.2) is 37.0 Å². The molecule has 1 saturated carbocycles. The fourth-order valence-electron chi connectivity index (χ4n) is 3.48. The van der Waals surface area contributed by atoms with E-state index in [4.69, 9.17) is 0 Å². The molecule has 1 heterocycles. The summed E-state index contributed by atoms with van der Waals surface area (Å²) in [7, 11) is 0. The molecule has 5 heteroatoms. The number of aromatic nitrogens is 2. The Morgan fingerprint density at radius 3 is 2.04 bits per heavy atom. The van der Waals surface area contributed by atoms with Crippen LogP contribution in [0.15, 0.2) is 12.3 Å². The second-order valence-corrected chi connectivity index (χ2v) is 12.7. The first-order valence-electron chi connectivity index (χ1n) is 9.95. The summed E-state index contributed by atoms with van der Waals surface area (Å²) < 4.78 is 28.3. The Kier molecular flexibility index (Phi) is 8.09. The molecule has 0 saturated heterocycles. The number of hydrogen-bond acceptors (Lipinski definition) is 2. The molecule has 0 aromatic carbocycles. The van der Waals surface area contributed by atoms with Crippen molar-refractivity contribution in [1.29, 1.82) is 0 Å². The number of nitrogens with zero attached hydrogens (tertiary/aromatic N) is 2. The molecule has 0 bridgehead atoms. The van der Waals surface area contributed by atoms with Crippen LogP contribution in [0.5, 0.6) is 0 Å². The second-order valence-electron chi connectivity index (χ2n) is 7.53. The number of rotatable bonds is 12. The molecule has 2 radical (unpaired) electrons. The van der Waals surface area contributed by atoms with E-state index in [0.29, 0.717) is 9.26 Å². The average Bonchev–Trinajstić information content (AvgIpc) is 3.25. The second kappa shape index (κ2) is 9.61. The summed E-state index contributed by atoms with van der Waals surface area (Å²) in [4.78, 5) is 8.77. The normalized spacial score (nSPS) is 19.2. The topological polar surface area (TPSA) is 25.8 Å². The quantitative estimate of drug-likeness (QED) is 0.379. The SMILES string of the molecule is CCCC[C](CCCC)(CCCC)[Sn][c]1ccnc(C2CC2(F)F)n1. The Hall–Kier alpha value is -0.261. The van der Waals surface area contributed by atoms with E-state index in [1.54, 1.807) is 6.20 Å². The summed E-state index contributed by atoms with van der Waals surface area (Å²) in [6.07, 6.45) is 13.0. The van der Waals surface area contributed by atoms with Crippen LogP contribution < -0.4 is 3.71 Å². The van der Waals surface area contributed by atoms with E-state index in [1.807, 2.05) is 6.07 Å². The van der Waals surface area contributed by atoms with Gasteiger partial charge in [-0.05, 0) is 0 Å². The molecule has 1 aromatic rings. The molecule has 0 amide bonds. The third kappa shape index (κ3) is 6.14. The van der Waals surface area contributed by atoms with E-state index >= 15 is 0 Å². The minimum absolute atomic E-state index is 0.0753. The molecular formula is C20H32F2N2Sn. The van der Waals surface area contributed by atoms with Gasteiger partial charge in [-0.25, -0.2) is 0 Å². The van der Waals surface area contributed by atoms with Crippen LogP contribution in [0.25, 0.3) is 0 Å². The monoisotopic (exact) mass is 458 g/mol. The molecule has 0 N–H and O–H groups in total. The Labute approximate surface area is 161 Å². The van der Waals surface area contributed by atoms with Crippen molar-refractivity contribution in [2.24, 2.45) is 0 Å². The van der Waals surface area contributed by atoms with Gasteiger partial charge in [-0.1, -0.05) is 0 Å². The molecule has 1 fully saturated rings. The fourth-order valence-corrected chi connectivity index (χ4v) is 8.56. The van der Waals surface area contributed by atoms with Gasteiger partial charge in [0, 0.05) is 0 Å². The minimum atomic E-state index is -2.58. The van der Waals surface area contributed by atoms with Crippen molar-refractivity contribution in [3.63, 3.8) is 0 Å². The summed E-state index contributed by atoms with van der Waals surface area (Å²) in [5, 5.41) is 0. The summed E-state index contributed by atoms with van der Waals surface area (Å²) >= 11 is -0.965. The molecule has 140 valence electrons. The zero-order valence-electron chi connectivity index (χ0n) is 16.0. The van der Waals surface area contributed by atoms with Gasteiger partial charge in [0.15, 0.2) is 0 Å². The van der Waals surface area contributed by atoms with Crippen LogP contribution in [0.1, 0.15) is 96.7 Å². The molecular weight excluding hydrogens is 425 g/mol. The van der Waals surface area contributed by atoms with Crippen molar-refractivity contribution in [2.45, 2.75) is 100 Å². The molecule has 1 aliphatic carbocycles. The Bertz CT molecular complexity index is 514. The maximum absolute atomic E-state index is 13.4. The van der Waals surface area contributed by atoms with Gasteiger partial charge in [0.1, 0.15) is 0 Å². The predicted molar refractivity (Wildman–Crippen MR) is 101 cm³/mol. The summed E-state index contributed by atoms with van der Waals surface area (Å²) in [5.41, 5.74) is 0. The van der Waals surface area contributed by atoms with Gasteiger partial charge < -0.3 is 0 Å². The van der Waals surface area contributed by atoms with Crippen molar-refractivity contribution in [2.75, 3.05) is 0 Å². The molecule has 1 aromatic heterocycles. The predicted octanol–water partition coefficient (Wildman–Crippen LogP) is 5.66. The van der Waals surface area contributed by atoms with Crippen LogP contribution in [0.3, 0.4) is 0 Å². The van der Waals surface area contributed by atoms with Crippen molar-refractivity contribution in [3.05, 3.63) is 18.1 Å². The molecule has 25 heavy (non-hydrogen) atoms. The first-order valence-corrected chi connectivity index (χ1v) is 12.8. The van der Waals surface area contributed by atoms with Gasteiger partial charge >= 0.3 is 162 Å². The van der Waals surface area contributed by atoms with Gasteiger partial charge in [0.2, 0.25) is 0 Å². The average molecular weight is 457 g/mol. The van der Waals surface area contributed by atoms with E-state index in [1.165, 1.54) is 57.8 Å². The van der Waals surface area contributed by atoms with Crippen molar-refractivity contribution >= 4 is 24.9 Å². The number of halogens is 2. The fraction of sp³-hybridized carbons (Fsp3) is 0.800.